The number of hydrogen-bond donors (Lipinski definition) is 0. The summed E-state index contributed by atoms with van der Waals surface area (Å²) in [5, 5.41) is 1.03. The van der Waals surface area contributed by atoms with E-state index in [0.717, 1.165) is 10.7 Å². The summed E-state index contributed by atoms with van der Waals surface area (Å²) in [7, 11) is 1.81. The SMILES string of the molecule is Cc1nc([C@@H](C)N(C)C(=O)c2ccncc2)c(C)s1. The minimum atomic E-state index is -0.0365. The standard InChI is InChI=1S/C14H17N3OS/c1-9(13-10(2)19-11(3)16-13)17(4)14(18)12-5-7-15-8-6-12/h5-9H,1-4H3/t9-/m1/s1. The van der Waals surface area contributed by atoms with Crippen LogP contribution in [0.4, 0.5) is 0 Å². The van der Waals surface area contributed by atoms with Gasteiger partial charge in [0.2, 0.25) is 0 Å². The lowest BCUT2D eigenvalue weighted by molar-refractivity contribution is 0.0739. The molecule has 0 bridgehead atoms. The summed E-state index contributed by atoms with van der Waals surface area (Å²) in [4.78, 5) is 23.7. The second-order valence-corrected chi connectivity index (χ2v) is 5.91. The predicted octanol–water partition coefficient (Wildman–Crippen LogP) is 2.99. The first-order valence-electron chi connectivity index (χ1n) is 6.12. The maximum atomic E-state index is 12.4. The van der Waals surface area contributed by atoms with Gasteiger partial charge in [0, 0.05) is 29.9 Å². The van der Waals surface area contributed by atoms with E-state index in [-0.39, 0.29) is 11.9 Å². The molecule has 0 fully saturated rings. The molecule has 1 atom stereocenters. The van der Waals surface area contributed by atoms with E-state index in [0.29, 0.717) is 5.56 Å². The Labute approximate surface area is 117 Å². The molecule has 0 N–H and O–H groups in total. The molecule has 2 rings (SSSR count). The Bertz CT molecular complexity index is 580. The summed E-state index contributed by atoms with van der Waals surface area (Å²) in [6.07, 6.45) is 3.26. The zero-order valence-electron chi connectivity index (χ0n) is 11.5. The molecule has 0 unspecified atom stereocenters. The molecule has 4 nitrogen and oxygen atoms in total. The first-order chi connectivity index (χ1) is 9.00. The van der Waals surface area contributed by atoms with E-state index in [4.69, 9.17) is 0 Å². The van der Waals surface area contributed by atoms with E-state index < -0.39 is 0 Å². The van der Waals surface area contributed by atoms with Crippen LogP contribution in [0.5, 0.6) is 0 Å². The summed E-state index contributed by atoms with van der Waals surface area (Å²) in [5.41, 5.74) is 1.63. The van der Waals surface area contributed by atoms with E-state index in [1.165, 1.54) is 4.88 Å². The third-order valence-corrected chi connectivity index (χ3v) is 4.07. The first kappa shape index (κ1) is 13.7. The molecule has 5 heteroatoms. The van der Waals surface area contributed by atoms with Crippen molar-refractivity contribution in [1.29, 1.82) is 0 Å². The van der Waals surface area contributed by atoms with Crippen LogP contribution in [-0.4, -0.2) is 27.8 Å². The highest BCUT2D eigenvalue weighted by atomic mass is 32.1. The van der Waals surface area contributed by atoms with Crippen molar-refractivity contribution >= 4 is 17.2 Å². The molecule has 100 valence electrons. The molecular weight excluding hydrogens is 258 g/mol. The highest BCUT2D eigenvalue weighted by Crippen LogP contribution is 2.26. The van der Waals surface area contributed by atoms with Gasteiger partial charge in [-0.3, -0.25) is 9.78 Å². The van der Waals surface area contributed by atoms with Crippen molar-refractivity contribution < 1.29 is 4.79 Å². The molecule has 1 amide bonds. The third-order valence-electron chi connectivity index (χ3n) is 3.16. The maximum Gasteiger partial charge on any atom is 0.254 e. The number of pyridine rings is 1. The fraction of sp³-hybridized carbons (Fsp3) is 0.357. The third kappa shape index (κ3) is 2.81. The molecule has 0 saturated heterocycles. The van der Waals surface area contributed by atoms with Gasteiger partial charge in [-0.05, 0) is 32.9 Å². The Morgan fingerprint density at radius 1 is 1.32 bits per heavy atom. The fourth-order valence-electron chi connectivity index (χ4n) is 1.99. The molecule has 2 heterocycles. The number of thiazole rings is 1. The molecule has 0 aliphatic carbocycles. The van der Waals surface area contributed by atoms with Crippen LogP contribution in [0, 0.1) is 13.8 Å². The molecule has 0 aliphatic rings. The van der Waals surface area contributed by atoms with Gasteiger partial charge in [0.25, 0.3) is 5.91 Å². The van der Waals surface area contributed by atoms with Crippen LogP contribution in [-0.2, 0) is 0 Å². The monoisotopic (exact) mass is 275 g/mol. The van der Waals surface area contributed by atoms with Crippen LogP contribution < -0.4 is 0 Å². The van der Waals surface area contributed by atoms with E-state index >= 15 is 0 Å². The lowest BCUT2D eigenvalue weighted by atomic mass is 10.1. The van der Waals surface area contributed by atoms with Crippen LogP contribution in [0.15, 0.2) is 24.5 Å². The van der Waals surface area contributed by atoms with Crippen molar-refractivity contribution in [1.82, 2.24) is 14.9 Å². The number of aromatic nitrogens is 2. The molecule has 0 saturated carbocycles. The highest BCUT2D eigenvalue weighted by molar-refractivity contribution is 7.11. The largest absolute Gasteiger partial charge is 0.333 e. The second-order valence-electron chi connectivity index (χ2n) is 4.50. The Kier molecular flexibility index (Phi) is 3.95. The van der Waals surface area contributed by atoms with Crippen molar-refractivity contribution in [2.75, 3.05) is 7.05 Å². The molecule has 0 spiro atoms. The number of rotatable bonds is 3. The Morgan fingerprint density at radius 2 is 1.95 bits per heavy atom. The number of carbonyl (C=O) groups is 1. The van der Waals surface area contributed by atoms with E-state index in [1.807, 2.05) is 27.8 Å². The Morgan fingerprint density at radius 3 is 2.47 bits per heavy atom. The van der Waals surface area contributed by atoms with Gasteiger partial charge < -0.3 is 4.90 Å². The van der Waals surface area contributed by atoms with Crippen molar-refractivity contribution in [3.8, 4) is 0 Å². The van der Waals surface area contributed by atoms with E-state index in [1.54, 1.807) is 40.8 Å². The van der Waals surface area contributed by atoms with E-state index in [2.05, 4.69) is 9.97 Å². The lowest BCUT2D eigenvalue weighted by Crippen LogP contribution is -2.30. The summed E-state index contributed by atoms with van der Waals surface area (Å²) in [5.74, 6) is -0.0139. The molecule has 0 aliphatic heterocycles. The summed E-state index contributed by atoms with van der Waals surface area (Å²) in [6.45, 7) is 6.03. The molecular formula is C14H17N3OS. The smallest absolute Gasteiger partial charge is 0.254 e. The van der Waals surface area contributed by atoms with Crippen LogP contribution in [0.3, 0.4) is 0 Å². The van der Waals surface area contributed by atoms with Crippen LogP contribution in [0.25, 0.3) is 0 Å². The number of carbonyl (C=O) groups excluding carboxylic acids is 1. The quantitative estimate of drug-likeness (QED) is 0.865. The summed E-state index contributed by atoms with van der Waals surface area (Å²) in [6, 6.07) is 3.42. The van der Waals surface area contributed by atoms with Gasteiger partial charge in [-0.2, -0.15) is 0 Å². The lowest BCUT2D eigenvalue weighted by Gasteiger charge is -2.24. The molecule has 0 radical (unpaired) electrons. The first-order valence-corrected chi connectivity index (χ1v) is 6.93. The Hall–Kier alpha value is -1.75. The minimum Gasteiger partial charge on any atom is -0.333 e. The second kappa shape index (κ2) is 5.48. The highest BCUT2D eigenvalue weighted by Gasteiger charge is 2.22. The summed E-state index contributed by atoms with van der Waals surface area (Å²) >= 11 is 1.66. The Balaban J connectivity index is 2.22. The average molecular weight is 275 g/mol. The van der Waals surface area contributed by atoms with Crippen molar-refractivity contribution in [2.45, 2.75) is 26.8 Å². The van der Waals surface area contributed by atoms with Gasteiger partial charge in [0.05, 0.1) is 16.7 Å². The van der Waals surface area contributed by atoms with Crippen molar-refractivity contribution in [2.24, 2.45) is 0 Å². The zero-order chi connectivity index (χ0) is 14.0. The maximum absolute atomic E-state index is 12.4. The number of amides is 1. The predicted molar refractivity (Wildman–Crippen MR) is 76.3 cm³/mol. The van der Waals surface area contributed by atoms with Crippen molar-refractivity contribution in [3.05, 3.63) is 45.7 Å². The molecule has 2 aromatic rings. The van der Waals surface area contributed by atoms with Gasteiger partial charge in [0.15, 0.2) is 0 Å². The van der Waals surface area contributed by atoms with Crippen molar-refractivity contribution in [3.63, 3.8) is 0 Å². The zero-order valence-corrected chi connectivity index (χ0v) is 12.4. The van der Waals surface area contributed by atoms with Crippen LogP contribution in [0.1, 0.15) is 38.9 Å². The summed E-state index contributed by atoms with van der Waals surface area (Å²) < 4.78 is 0. The number of nitrogens with zero attached hydrogens (tertiary/aromatic N) is 3. The topological polar surface area (TPSA) is 46.1 Å². The number of hydrogen-bond acceptors (Lipinski definition) is 4. The van der Waals surface area contributed by atoms with Gasteiger partial charge in [0.1, 0.15) is 0 Å². The molecule has 19 heavy (non-hydrogen) atoms. The van der Waals surface area contributed by atoms with Gasteiger partial charge in [-0.1, -0.05) is 0 Å². The molecule has 2 aromatic heterocycles. The number of aryl methyl sites for hydroxylation is 2. The average Bonchev–Trinajstić information content (AvgIpc) is 2.76. The van der Waals surface area contributed by atoms with Gasteiger partial charge >= 0.3 is 0 Å². The fourth-order valence-corrected chi connectivity index (χ4v) is 2.90. The van der Waals surface area contributed by atoms with Crippen LogP contribution in [0.2, 0.25) is 0 Å². The normalized spacial score (nSPS) is 12.2. The van der Waals surface area contributed by atoms with Gasteiger partial charge in [-0.15, -0.1) is 11.3 Å². The van der Waals surface area contributed by atoms with Gasteiger partial charge in [-0.25, -0.2) is 4.98 Å². The van der Waals surface area contributed by atoms with Crippen LogP contribution >= 0.6 is 11.3 Å². The minimum absolute atomic E-state index is 0.0139. The molecule has 0 aromatic carbocycles. The van der Waals surface area contributed by atoms with E-state index in [9.17, 15) is 4.79 Å².